The van der Waals surface area contributed by atoms with Gasteiger partial charge < -0.3 is 10.2 Å². The molecule has 29 heavy (non-hydrogen) atoms. The van der Waals surface area contributed by atoms with Gasteiger partial charge in [0, 0.05) is 10.8 Å². The van der Waals surface area contributed by atoms with Gasteiger partial charge in [0.25, 0.3) is 0 Å². The van der Waals surface area contributed by atoms with E-state index in [4.69, 9.17) is 0 Å². The van der Waals surface area contributed by atoms with Crippen LogP contribution < -0.4 is 0 Å². The van der Waals surface area contributed by atoms with Crippen LogP contribution in [0.5, 0.6) is 0 Å². The molecule has 0 aliphatic carbocycles. The number of aliphatic hydroxyl groups excluding tert-OH is 2. The normalized spacial score (nSPS) is 25.8. The van der Waals surface area contributed by atoms with Gasteiger partial charge in [-0.05, 0) is 29.2 Å². The molecule has 1 aromatic heterocycles. The second-order valence-corrected chi connectivity index (χ2v) is 9.53. The number of hydrogen-bond acceptors (Lipinski definition) is 4. The number of rotatable bonds is 4. The van der Waals surface area contributed by atoms with Crippen LogP contribution in [0.2, 0.25) is 0 Å². The molecule has 0 amide bonds. The average molecular weight is 423 g/mol. The lowest BCUT2D eigenvalue weighted by atomic mass is 10.0. The third-order valence-electron chi connectivity index (χ3n) is 5.26. The van der Waals surface area contributed by atoms with E-state index in [0.717, 1.165) is 22.8 Å². The summed E-state index contributed by atoms with van der Waals surface area (Å²) in [6, 6.07) is 11.1. The van der Waals surface area contributed by atoms with Gasteiger partial charge >= 0.3 is 0 Å². The van der Waals surface area contributed by atoms with Crippen LogP contribution in [0.15, 0.2) is 53.6 Å². The number of benzene rings is 2. The summed E-state index contributed by atoms with van der Waals surface area (Å²) in [4.78, 5) is 1.12. The molecule has 1 aliphatic heterocycles. The second-order valence-electron chi connectivity index (χ2n) is 6.96. The number of nitrogens with zero attached hydrogens (tertiary/aromatic N) is 3. The molecular formula is C20H20F3N3O2S. The molecule has 1 unspecified atom stereocenters. The maximum atomic E-state index is 13.5. The molecule has 2 N–H and O–H groups in total. The minimum atomic E-state index is -1.54. The third kappa shape index (κ3) is 3.77. The molecule has 0 radical (unpaired) electrons. The van der Waals surface area contributed by atoms with Crippen LogP contribution in [0.25, 0.3) is 11.3 Å². The van der Waals surface area contributed by atoms with Crippen molar-refractivity contribution in [1.82, 2.24) is 15.0 Å². The van der Waals surface area contributed by atoms with Crippen molar-refractivity contribution in [2.75, 3.05) is 12.4 Å². The minimum absolute atomic E-state index is 0.0585. The predicted molar refractivity (Wildman–Crippen MR) is 104 cm³/mol. The summed E-state index contributed by atoms with van der Waals surface area (Å²) >= 11 is 0. The van der Waals surface area contributed by atoms with Crippen molar-refractivity contribution < 1.29 is 23.4 Å². The molecular weight excluding hydrogens is 403 g/mol. The van der Waals surface area contributed by atoms with Crippen molar-refractivity contribution in [2.45, 2.75) is 28.7 Å². The van der Waals surface area contributed by atoms with Gasteiger partial charge in [-0.15, -0.1) is 5.10 Å². The van der Waals surface area contributed by atoms with Crippen molar-refractivity contribution in [3.05, 3.63) is 66.1 Å². The molecule has 3 aromatic rings. The minimum Gasteiger partial charge on any atom is -0.395 e. The molecule has 4 rings (SSSR count). The van der Waals surface area contributed by atoms with Crippen molar-refractivity contribution in [1.29, 1.82) is 0 Å². The van der Waals surface area contributed by atoms with Crippen LogP contribution in [0, 0.1) is 17.5 Å². The molecule has 0 spiro atoms. The zero-order valence-electron chi connectivity index (χ0n) is 15.3. The van der Waals surface area contributed by atoms with Crippen LogP contribution in [0.4, 0.5) is 13.2 Å². The van der Waals surface area contributed by atoms with E-state index in [1.54, 1.807) is 0 Å². The van der Waals surface area contributed by atoms with Gasteiger partial charge in [0.1, 0.15) is 5.69 Å². The van der Waals surface area contributed by atoms with Gasteiger partial charge in [0.15, 0.2) is 17.5 Å². The molecule has 1 saturated heterocycles. The molecule has 0 bridgehead atoms. The zero-order chi connectivity index (χ0) is 20.5. The zero-order valence-corrected chi connectivity index (χ0v) is 16.2. The van der Waals surface area contributed by atoms with Crippen molar-refractivity contribution in [3.8, 4) is 11.3 Å². The smallest absolute Gasteiger partial charge is 0.194 e. The molecule has 2 heterocycles. The van der Waals surface area contributed by atoms with E-state index in [-0.39, 0.29) is 23.1 Å². The fourth-order valence-corrected chi connectivity index (χ4v) is 6.59. The Kier molecular flexibility index (Phi) is 5.62. The fourth-order valence-electron chi connectivity index (χ4n) is 3.76. The Morgan fingerprint density at radius 1 is 1.10 bits per heavy atom. The van der Waals surface area contributed by atoms with Crippen molar-refractivity contribution >= 4 is 10.9 Å². The predicted octanol–water partition coefficient (Wildman–Crippen LogP) is 3.09. The molecule has 154 valence electrons. The highest BCUT2D eigenvalue weighted by Gasteiger charge is 2.38. The maximum Gasteiger partial charge on any atom is 0.194 e. The van der Waals surface area contributed by atoms with Crippen LogP contribution in [0.1, 0.15) is 12.5 Å². The first kappa shape index (κ1) is 19.9. The molecule has 1 fully saturated rings. The van der Waals surface area contributed by atoms with E-state index < -0.39 is 40.5 Å². The van der Waals surface area contributed by atoms with E-state index in [9.17, 15) is 23.4 Å². The van der Waals surface area contributed by atoms with Crippen LogP contribution in [-0.4, -0.2) is 48.9 Å². The summed E-state index contributed by atoms with van der Waals surface area (Å²) in [7, 11) is -0.738. The van der Waals surface area contributed by atoms with Gasteiger partial charge in [-0.25, -0.2) is 28.7 Å². The van der Waals surface area contributed by atoms with Gasteiger partial charge in [0.2, 0.25) is 0 Å². The average Bonchev–Trinajstić information content (AvgIpc) is 3.22. The van der Waals surface area contributed by atoms with E-state index in [2.05, 4.69) is 10.3 Å². The Balaban J connectivity index is 1.59. The number of thiol groups is 1. The first-order valence-electron chi connectivity index (χ1n) is 9.17. The Morgan fingerprint density at radius 2 is 1.79 bits per heavy atom. The number of halogens is 3. The standard InChI is InChI=1S/C20H20F3N3O2S/c21-14-8-12(9-15(22)19(14)23)16-10-26(25-24-16)17-6-7-29(18(11-27)20(17)28)13-4-2-1-3-5-13/h1-5,8-10,17-18,20,27-29H,6-7,11H2/t17-,18-,20+/m1/s1. The lowest BCUT2D eigenvalue weighted by molar-refractivity contribution is 0.0762. The largest absolute Gasteiger partial charge is 0.395 e. The highest BCUT2D eigenvalue weighted by atomic mass is 32.2. The Morgan fingerprint density at radius 3 is 2.45 bits per heavy atom. The summed E-state index contributed by atoms with van der Waals surface area (Å²) < 4.78 is 41.7. The quantitative estimate of drug-likeness (QED) is 0.446. The summed E-state index contributed by atoms with van der Waals surface area (Å²) in [6.45, 7) is -0.159. The van der Waals surface area contributed by atoms with Gasteiger partial charge in [-0.1, -0.05) is 35.5 Å². The summed E-state index contributed by atoms with van der Waals surface area (Å²) in [6.07, 6.45) is 1.24. The van der Waals surface area contributed by atoms with Crippen LogP contribution >= 0.6 is 10.9 Å². The summed E-state index contributed by atoms with van der Waals surface area (Å²) in [5.41, 5.74) is 0.231. The molecule has 0 saturated carbocycles. The molecule has 2 aromatic carbocycles. The first-order valence-corrected chi connectivity index (χ1v) is 10.8. The van der Waals surface area contributed by atoms with Gasteiger partial charge in [-0.3, -0.25) is 0 Å². The molecule has 1 aliphatic rings. The van der Waals surface area contributed by atoms with Crippen molar-refractivity contribution in [3.63, 3.8) is 0 Å². The summed E-state index contributed by atoms with van der Waals surface area (Å²) in [5.74, 6) is -3.35. The lowest BCUT2D eigenvalue weighted by Crippen LogP contribution is -2.42. The monoisotopic (exact) mass is 423 g/mol. The van der Waals surface area contributed by atoms with E-state index >= 15 is 0 Å². The fraction of sp³-hybridized carbons (Fsp3) is 0.300. The molecule has 4 atom stereocenters. The Hall–Kier alpha value is -2.36. The highest BCUT2D eigenvalue weighted by molar-refractivity contribution is 8.17. The van der Waals surface area contributed by atoms with E-state index in [0.29, 0.717) is 6.42 Å². The second kappa shape index (κ2) is 8.17. The Labute approximate surface area is 168 Å². The highest BCUT2D eigenvalue weighted by Crippen LogP contribution is 2.49. The van der Waals surface area contributed by atoms with Crippen molar-refractivity contribution in [2.24, 2.45) is 0 Å². The van der Waals surface area contributed by atoms with Gasteiger partial charge in [0.05, 0.1) is 24.9 Å². The van der Waals surface area contributed by atoms with Gasteiger partial charge in [-0.2, -0.15) is 0 Å². The number of aliphatic hydroxyl groups is 2. The summed E-state index contributed by atoms with van der Waals surface area (Å²) in [5, 5.41) is 28.5. The van der Waals surface area contributed by atoms with E-state index in [1.165, 1.54) is 10.9 Å². The SMILES string of the molecule is OC[C@@H]1[C@@H](O)[C@H](n2cc(-c3cc(F)c(F)c(F)c3)nn2)CC[SH]1c1ccccc1. The number of hydrogen-bond donors (Lipinski definition) is 3. The van der Waals surface area contributed by atoms with E-state index in [1.807, 2.05) is 30.3 Å². The first-order chi connectivity index (χ1) is 14.0. The lowest BCUT2D eigenvalue weighted by Gasteiger charge is -2.42. The third-order valence-corrected chi connectivity index (χ3v) is 8.23. The molecule has 5 nitrogen and oxygen atoms in total. The van der Waals surface area contributed by atoms with Crippen LogP contribution in [-0.2, 0) is 0 Å². The molecule has 9 heteroatoms. The topological polar surface area (TPSA) is 71.2 Å². The van der Waals surface area contributed by atoms with Crippen LogP contribution in [0.3, 0.4) is 0 Å². The Bertz CT molecular complexity index is 979. The maximum absolute atomic E-state index is 13.5. The number of aromatic nitrogens is 3.